The third kappa shape index (κ3) is 11.1. The van der Waals surface area contributed by atoms with E-state index in [1.54, 1.807) is 18.5 Å². The highest BCUT2D eigenvalue weighted by atomic mass is 15.2. The van der Waals surface area contributed by atoms with Crippen LogP contribution >= 0.6 is 0 Å². The van der Waals surface area contributed by atoms with Crippen molar-refractivity contribution in [1.29, 1.82) is 0 Å². The molecule has 3 aromatic rings. The summed E-state index contributed by atoms with van der Waals surface area (Å²) in [6, 6.07) is 15.6. The van der Waals surface area contributed by atoms with Crippen LogP contribution in [0.2, 0.25) is 0 Å². The number of aryl methyl sites for hydroxylation is 2. The molecule has 1 fully saturated rings. The Morgan fingerprint density at radius 3 is 2.26 bits per heavy atom. The van der Waals surface area contributed by atoms with Crippen molar-refractivity contribution in [3.8, 4) is 11.4 Å². The summed E-state index contributed by atoms with van der Waals surface area (Å²) in [7, 11) is 4.17. The number of hydrogen-bond donors (Lipinski definition) is 1. The summed E-state index contributed by atoms with van der Waals surface area (Å²) in [6.07, 6.45) is 14.9. The molecule has 5 heteroatoms. The number of allylic oxidation sites excluding steroid dienone is 1. The Morgan fingerprint density at radius 1 is 1.00 bits per heavy atom. The molecule has 0 bridgehead atoms. The fourth-order valence-electron chi connectivity index (χ4n) is 5.88. The molecular formula is C41H59N5. The van der Waals surface area contributed by atoms with Crippen LogP contribution in [0.15, 0.2) is 92.9 Å². The highest BCUT2D eigenvalue weighted by Gasteiger charge is 2.29. The minimum absolute atomic E-state index is 0.262. The molecule has 0 radical (unpaired) electrons. The number of likely N-dealkylation sites (N-methyl/N-ethyl adjacent to an activating group) is 1. The number of hydrogen-bond acceptors (Lipinski definition) is 5. The second kappa shape index (κ2) is 20.2. The van der Waals surface area contributed by atoms with Gasteiger partial charge >= 0.3 is 0 Å². The molecule has 2 aromatic heterocycles. The fourth-order valence-corrected chi connectivity index (χ4v) is 5.88. The van der Waals surface area contributed by atoms with Gasteiger partial charge in [-0.2, -0.15) is 0 Å². The Balaban J connectivity index is 0.000000249. The van der Waals surface area contributed by atoms with E-state index >= 15 is 0 Å². The predicted octanol–water partition coefficient (Wildman–Crippen LogP) is 9.85. The molecule has 248 valence electrons. The first-order chi connectivity index (χ1) is 22.2. The van der Waals surface area contributed by atoms with Gasteiger partial charge in [-0.1, -0.05) is 82.8 Å². The summed E-state index contributed by atoms with van der Waals surface area (Å²) in [4.78, 5) is 13.4. The second-order valence-corrected chi connectivity index (χ2v) is 11.8. The van der Waals surface area contributed by atoms with Crippen molar-refractivity contribution in [2.45, 2.75) is 91.8 Å². The van der Waals surface area contributed by atoms with E-state index in [4.69, 9.17) is 0 Å². The SMILES string of the molecule is C=CCCC(C(=C)NC)N1Cc2cc(C)ccc2C1=C.C=Cc1ccnc(-c2cc(C)ccn2)c1.CC.CCC1CCCCN1C. The average molecular weight is 622 g/mol. The van der Waals surface area contributed by atoms with E-state index in [1.807, 2.05) is 58.2 Å². The van der Waals surface area contributed by atoms with Crippen LogP contribution in [0, 0.1) is 13.8 Å². The zero-order valence-electron chi connectivity index (χ0n) is 29.8. The van der Waals surface area contributed by atoms with Gasteiger partial charge in [-0.05, 0) is 100 Å². The van der Waals surface area contributed by atoms with Crippen molar-refractivity contribution in [3.63, 3.8) is 0 Å². The van der Waals surface area contributed by atoms with E-state index in [0.717, 1.165) is 53.8 Å². The Morgan fingerprint density at radius 2 is 1.67 bits per heavy atom. The number of piperidine rings is 1. The predicted molar refractivity (Wildman–Crippen MR) is 201 cm³/mol. The Kier molecular flexibility index (Phi) is 16.8. The first kappa shape index (κ1) is 38.2. The van der Waals surface area contributed by atoms with E-state index in [1.165, 1.54) is 54.5 Å². The molecule has 0 spiro atoms. The summed E-state index contributed by atoms with van der Waals surface area (Å²) < 4.78 is 0. The number of aromatic nitrogens is 2. The van der Waals surface area contributed by atoms with Gasteiger partial charge in [0.25, 0.3) is 0 Å². The highest BCUT2D eigenvalue weighted by molar-refractivity contribution is 5.70. The number of pyridine rings is 2. The quantitative estimate of drug-likeness (QED) is 0.241. The van der Waals surface area contributed by atoms with Gasteiger partial charge < -0.3 is 15.1 Å². The van der Waals surface area contributed by atoms with E-state index in [2.05, 4.69) is 90.5 Å². The molecule has 5 nitrogen and oxygen atoms in total. The van der Waals surface area contributed by atoms with E-state index in [-0.39, 0.29) is 6.04 Å². The first-order valence-electron chi connectivity index (χ1n) is 17.0. The van der Waals surface area contributed by atoms with Gasteiger partial charge in [0.05, 0.1) is 17.4 Å². The second-order valence-electron chi connectivity index (χ2n) is 11.8. The van der Waals surface area contributed by atoms with Crippen LogP contribution in [0.25, 0.3) is 23.2 Å². The Labute approximate surface area is 280 Å². The van der Waals surface area contributed by atoms with E-state index < -0.39 is 0 Å². The van der Waals surface area contributed by atoms with Crippen molar-refractivity contribution < 1.29 is 0 Å². The highest BCUT2D eigenvalue weighted by Crippen LogP contribution is 2.36. The number of benzene rings is 1. The molecule has 2 atom stereocenters. The van der Waals surface area contributed by atoms with Gasteiger partial charge in [-0.3, -0.25) is 9.97 Å². The van der Waals surface area contributed by atoms with Gasteiger partial charge in [-0.25, -0.2) is 0 Å². The maximum Gasteiger partial charge on any atom is 0.0892 e. The van der Waals surface area contributed by atoms with Gasteiger partial charge in [0, 0.05) is 49.0 Å². The lowest BCUT2D eigenvalue weighted by molar-refractivity contribution is 0.181. The normalized spacial score (nSPS) is 15.8. The van der Waals surface area contributed by atoms with Crippen molar-refractivity contribution >= 4 is 11.8 Å². The molecule has 0 amide bonds. The molecule has 4 heterocycles. The number of nitrogens with zero attached hydrogens (tertiary/aromatic N) is 4. The Hall–Kier alpha value is -3.96. The molecule has 2 aliphatic heterocycles. The first-order valence-corrected chi connectivity index (χ1v) is 17.0. The summed E-state index contributed by atoms with van der Waals surface area (Å²) in [6.45, 7) is 28.7. The molecule has 2 unspecified atom stereocenters. The van der Waals surface area contributed by atoms with Crippen LogP contribution in [-0.4, -0.2) is 52.5 Å². The largest absolute Gasteiger partial charge is 0.390 e. The smallest absolute Gasteiger partial charge is 0.0892 e. The van der Waals surface area contributed by atoms with Gasteiger partial charge in [0.2, 0.25) is 0 Å². The molecule has 46 heavy (non-hydrogen) atoms. The lowest BCUT2D eigenvalue weighted by atomic mass is 10.0. The monoisotopic (exact) mass is 621 g/mol. The minimum atomic E-state index is 0.262. The van der Waals surface area contributed by atoms with Crippen molar-refractivity contribution in [2.75, 3.05) is 20.6 Å². The maximum absolute atomic E-state index is 4.29. The minimum Gasteiger partial charge on any atom is -0.390 e. The molecule has 0 aliphatic carbocycles. The standard InChI is InChI=1S/C18H24N2.C13H12N2.C8H17N.C2H6/c1-6-7-8-18(14(3)19-5)20-12-16-11-13(2)9-10-17(16)15(20)4;1-3-11-5-7-15-13(9-11)12-8-10(2)4-6-14-12;1-3-8-6-4-5-7-9(8)2;1-2/h6,9-11,18-19H,1,3-4,7-8,12H2,2,5H3;3-9H,1H2,2H3;8H,3-7H2,1-2H3;1-2H3. The zero-order valence-corrected chi connectivity index (χ0v) is 29.8. The molecule has 1 saturated heterocycles. The molecule has 0 saturated carbocycles. The summed E-state index contributed by atoms with van der Waals surface area (Å²) >= 11 is 0. The number of nitrogens with one attached hydrogen (secondary N) is 1. The number of fused-ring (bicyclic) bond motifs is 1. The van der Waals surface area contributed by atoms with Gasteiger partial charge in [0.15, 0.2) is 0 Å². The van der Waals surface area contributed by atoms with E-state index in [0.29, 0.717) is 0 Å². The van der Waals surface area contributed by atoms with Crippen molar-refractivity contribution in [1.82, 2.24) is 25.1 Å². The lowest BCUT2D eigenvalue weighted by Gasteiger charge is -2.32. The summed E-state index contributed by atoms with van der Waals surface area (Å²) in [5.74, 6) is 0. The lowest BCUT2D eigenvalue weighted by Crippen LogP contribution is -2.35. The molecule has 5 rings (SSSR count). The Bertz CT molecular complexity index is 1410. The fraction of sp³-hybridized carbons (Fsp3) is 0.415. The van der Waals surface area contributed by atoms with Crippen LogP contribution in [0.5, 0.6) is 0 Å². The van der Waals surface area contributed by atoms with E-state index in [9.17, 15) is 0 Å². The van der Waals surface area contributed by atoms with Gasteiger partial charge in [0.1, 0.15) is 0 Å². The number of rotatable bonds is 9. The summed E-state index contributed by atoms with van der Waals surface area (Å²) in [5.41, 5.74) is 10.1. The van der Waals surface area contributed by atoms with Crippen molar-refractivity contribution in [2.24, 2.45) is 0 Å². The van der Waals surface area contributed by atoms with Crippen molar-refractivity contribution in [3.05, 3.63) is 121 Å². The van der Waals surface area contributed by atoms with Crippen LogP contribution in [0.1, 0.15) is 87.1 Å². The van der Waals surface area contributed by atoms with Gasteiger partial charge in [-0.15, -0.1) is 6.58 Å². The molecular weight excluding hydrogens is 562 g/mol. The van der Waals surface area contributed by atoms with Crippen LogP contribution in [0.3, 0.4) is 0 Å². The topological polar surface area (TPSA) is 44.3 Å². The molecule has 2 aliphatic rings. The molecule has 1 N–H and O–H groups in total. The zero-order chi connectivity index (χ0) is 34.1. The maximum atomic E-state index is 4.29. The average Bonchev–Trinajstić information content (AvgIpc) is 3.41. The van der Waals surface area contributed by atoms with Crippen LogP contribution in [0.4, 0.5) is 0 Å². The molecule has 1 aromatic carbocycles. The summed E-state index contributed by atoms with van der Waals surface area (Å²) in [5, 5.41) is 3.20. The van der Waals surface area contributed by atoms with Crippen LogP contribution in [-0.2, 0) is 6.54 Å². The third-order valence-electron chi connectivity index (χ3n) is 8.59. The number of likely N-dealkylation sites (tertiary alicyclic amines) is 1. The van der Waals surface area contributed by atoms with Crippen LogP contribution < -0.4 is 5.32 Å². The third-order valence-corrected chi connectivity index (χ3v) is 8.59.